The molecule has 0 spiro atoms. The Labute approximate surface area is 86.9 Å². The zero-order chi connectivity index (χ0) is 10.3. The van der Waals surface area contributed by atoms with Crippen LogP contribution in [0.5, 0.6) is 0 Å². The molecule has 0 amide bonds. The fraction of sp³-hybridized carbons (Fsp3) is 0.500. The van der Waals surface area contributed by atoms with Crippen molar-refractivity contribution < 1.29 is 9.53 Å². The highest BCUT2D eigenvalue weighted by atomic mass is 32.1. The predicted molar refractivity (Wildman–Crippen MR) is 56.8 cm³/mol. The minimum Gasteiger partial charge on any atom is -0.465 e. The Kier molecular flexibility index (Phi) is 2.23. The number of nitrogen functional groups attached to an aromatic ring is 1. The van der Waals surface area contributed by atoms with Gasteiger partial charge in [0.15, 0.2) is 0 Å². The fourth-order valence-corrected chi connectivity index (χ4v) is 3.22. The molecule has 14 heavy (non-hydrogen) atoms. The van der Waals surface area contributed by atoms with E-state index in [2.05, 4.69) is 6.92 Å². The van der Waals surface area contributed by atoms with E-state index in [1.165, 1.54) is 23.3 Å². The van der Waals surface area contributed by atoms with E-state index in [1.54, 1.807) is 0 Å². The average Bonchev–Trinajstić information content (AvgIpc) is 2.65. The highest BCUT2D eigenvalue weighted by molar-refractivity contribution is 7.16. The zero-order valence-corrected chi connectivity index (χ0v) is 9.11. The van der Waals surface area contributed by atoms with Gasteiger partial charge >= 0.3 is 5.97 Å². The second-order valence-corrected chi connectivity index (χ2v) is 4.75. The molecule has 0 fully saturated rings. The summed E-state index contributed by atoms with van der Waals surface area (Å²) in [5.74, 6) is 0.140. The van der Waals surface area contributed by atoms with Gasteiger partial charge in [0.1, 0.15) is 5.00 Å². The Morgan fingerprint density at radius 3 is 3.00 bits per heavy atom. The number of aryl methyl sites for hydroxylation is 1. The van der Waals surface area contributed by atoms with E-state index in [1.807, 2.05) is 0 Å². The number of hydrogen-bond acceptors (Lipinski definition) is 4. The normalized spacial score (nSPS) is 19.4. The van der Waals surface area contributed by atoms with Crippen molar-refractivity contribution in [1.82, 2.24) is 0 Å². The van der Waals surface area contributed by atoms with E-state index in [4.69, 9.17) is 10.5 Å². The maximum absolute atomic E-state index is 11.5. The van der Waals surface area contributed by atoms with Gasteiger partial charge in [-0.3, -0.25) is 0 Å². The summed E-state index contributed by atoms with van der Waals surface area (Å²) in [7, 11) is 1.39. The Morgan fingerprint density at radius 2 is 2.36 bits per heavy atom. The third-order valence-corrected chi connectivity index (χ3v) is 3.83. The number of hydrogen-bond donors (Lipinski definition) is 1. The first kappa shape index (κ1) is 9.52. The molecule has 2 rings (SSSR count). The molecule has 0 saturated heterocycles. The molecule has 1 aromatic heterocycles. The quantitative estimate of drug-likeness (QED) is 0.724. The smallest absolute Gasteiger partial charge is 0.341 e. The standard InChI is InChI=1S/C10H13NO2S/c1-5-3-4-6-7(5)8(9(11)14-6)10(12)13-2/h5H,3-4,11H2,1-2H3. The van der Waals surface area contributed by atoms with Crippen molar-refractivity contribution >= 4 is 22.3 Å². The van der Waals surface area contributed by atoms with Crippen LogP contribution in [0.1, 0.15) is 40.1 Å². The summed E-state index contributed by atoms with van der Waals surface area (Å²) in [6.07, 6.45) is 2.16. The van der Waals surface area contributed by atoms with Gasteiger partial charge in [0.2, 0.25) is 0 Å². The number of carbonyl (C=O) groups is 1. The maximum atomic E-state index is 11.5. The molecule has 1 aromatic rings. The Bertz CT molecular complexity index is 384. The third kappa shape index (κ3) is 1.21. The summed E-state index contributed by atoms with van der Waals surface area (Å²) in [6, 6.07) is 0. The van der Waals surface area contributed by atoms with Crippen molar-refractivity contribution in [2.75, 3.05) is 12.8 Å². The van der Waals surface area contributed by atoms with Gasteiger partial charge in [-0.25, -0.2) is 4.79 Å². The molecule has 1 aliphatic carbocycles. The van der Waals surface area contributed by atoms with Gasteiger partial charge in [0.25, 0.3) is 0 Å². The number of ether oxygens (including phenoxy) is 1. The van der Waals surface area contributed by atoms with E-state index in [0.717, 1.165) is 18.4 Å². The van der Waals surface area contributed by atoms with E-state index >= 15 is 0 Å². The molecule has 0 saturated carbocycles. The van der Waals surface area contributed by atoms with Crippen LogP contribution in [0.25, 0.3) is 0 Å². The number of esters is 1. The SMILES string of the molecule is COC(=O)c1c(N)sc2c1C(C)CC2. The highest BCUT2D eigenvalue weighted by Gasteiger charge is 2.30. The van der Waals surface area contributed by atoms with Crippen LogP contribution in [-0.4, -0.2) is 13.1 Å². The van der Waals surface area contributed by atoms with Gasteiger partial charge in [-0.15, -0.1) is 11.3 Å². The first-order valence-electron chi connectivity index (χ1n) is 4.64. The van der Waals surface area contributed by atoms with Crippen LogP contribution in [-0.2, 0) is 11.2 Å². The molecule has 1 atom stereocenters. The van der Waals surface area contributed by atoms with Gasteiger partial charge in [0.05, 0.1) is 12.7 Å². The molecule has 1 aliphatic rings. The lowest BCUT2D eigenvalue weighted by Gasteiger charge is -2.05. The van der Waals surface area contributed by atoms with Gasteiger partial charge in [-0.1, -0.05) is 6.92 Å². The monoisotopic (exact) mass is 211 g/mol. The Morgan fingerprint density at radius 1 is 1.64 bits per heavy atom. The topological polar surface area (TPSA) is 52.3 Å². The maximum Gasteiger partial charge on any atom is 0.341 e. The first-order chi connectivity index (χ1) is 6.65. The zero-order valence-electron chi connectivity index (χ0n) is 8.29. The molecule has 0 aliphatic heterocycles. The number of thiophene rings is 1. The van der Waals surface area contributed by atoms with E-state index in [-0.39, 0.29) is 5.97 Å². The number of anilines is 1. The fourth-order valence-electron chi connectivity index (χ4n) is 2.02. The van der Waals surface area contributed by atoms with E-state index in [0.29, 0.717) is 16.5 Å². The van der Waals surface area contributed by atoms with Crippen molar-refractivity contribution in [3.05, 3.63) is 16.0 Å². The minimum absolute atomic E-state index is 0.297. The van der Waals surface area contributed by atoms with Crippen LogP contribution >= 0.6 is 11.3 Å². The largest absolute Gasteiger partial charge is 0.465 e. The van der Waals surface area contributed by atoms with Crippen LogP contribution < -0.4 is 5.73 Å². The van der Waals surface area contributed by atoms with Gasteiger partial charge in [0, 0.05) is 4.88 Å². The number of nitrogens with two attached hydrogens (primary N) is 1. The molecule has 4 heteroatoms. The summed E-state index contributed by atoms with van der Waals surface area (Å²) in [5, 5.41) is 0.605. The minimum atomic E-state index is -0.297. The number of rotatable bonds is 1. The average molecular weight is 211 g/mol. The Hall–Kier alpha value is -1.03. The van der Waals surface area contributed by atoms with Crippen molar-refractivity contribution in [3.63, 3.8) is 0 Å². The summed E-state index contributed by atoms with van der Waals surface area (Å²) in [4.78, 5) is 12.8. The number of methoxy groups -OCH3 is 1. The lowest BCUT2D eigenvalue weighted by Crippen LogP contribution is -2.06. The van der Waals surface area contributed by atoms with Crippen molar-refractivity contribution in [2.45, 2.75) is 25.7 Å². The molecule has 1 heterocycles. The van der Waals surface area contributed by atoms with Crippen LogP contribution in [0.4, 0.5) is 5.00 Å². The summed E-state index contributed by atoms with van der Waals surface area (Å²) in [6.45, 7) is 2.13. The van der Waals surface area contributed by atoms with Gasteiger partial charge in [-0.05, 0) is 24.3 Å². The summed E-state index contributed by atoms with van der Waals surface area (Å²) in [5.41, 5.74) is 7.54. The molecule has 2 N–H and O–H groups in total. The van der Waals surface area contributed by atoms with E-state index in [9.17, 15) is 4.79 Å². The van der Waals surface area contributed by atoms with Gasteiger partial charge < -0.3 is 10.5 Å². The predicted octanol–water partition coefficient (Wildman–Crippen LogP) is 2.17. The second-order valence-electron chi connectivity index (χ2n) is 3.61. The molecule has 3 nitrogen and oxygen atoms in total. The third-order valence-electron chi connectivity index (χ3n) is 2.74. The summed E-state index contributed by atoms with van der Waals surface area (Å²) >= 11 is 1.53. The second kappa shape index (κ2) is 3.28. The lowest BCUT2D eigenvalue weighted by molar-refractivity contribution is 0.0601. The van der Waals surface area contributed by atoms with Crippen LogP contribution in [0.3, 0.4) is 0 Å². The lowest BCUT2D eigenvalue weighted by atomic mass is 10.0. The van der Waals surface area contributed by atoms with Crippen LogP contribution in [0.15, 0.2) is 0 Å². The highest BCUT2D eigenvalue weighted by Crippen LogP contribution is 2.43. The van der Waals surface area contributed by atoms with Crippen LogP contribution in [0.2, 0.25) is 0 Å². The molecule has 0 radical (unpaired) electrons. The molecule has 76 valence electrons. The molecule has 1 unspecified atom stereocenters. The molecular formula is C10H13NO2S. The molecule has 0 aromatic carbocycles. The first-order valence-corrected chi connectivity index (χ1v) is 5.46. The molecule has 0 bridgehead atoms. The van der Waals surface area contributed by atoms with Gasteiger partial charge in [-0.2, -0.15) is 0 Å². The Balaban J connectivity index is 2.54. The van der Waals surface area contributed by atoms with Crippen molar-refractivity contribution in [1.29, 1.82) is 0 Å². The van der Waals surface area contributed by atoms with E-state index < -0.39 is 0 Å². The summed E-state index contributed by atoms with van der Waals surface area (Å²) < 4.78 is 4.74. The molecular weight excluding hydrogens is 198 g/mol. The number of carbonyl (C=O) groups excluding carboxylic acids is 1. The van der Waals surface area contributed by atoms with Crippen LogP contribution in [0, 0.1) is 0 Å². The van der Waals surface area contributed by atoms with Crippen molar-refractivity contribution in [3.8, 4) is 0 Å². The number of fused-ring (bicyclic) bond motifs is 1. The van der Waals surface area contributed by atoms with Crippen molar-refractivity contribution in [2.24, 2.45) is 0 Å².